The van der Waals surface area contributed by atoms with Crippen LogP contribution in [0.15, 0.2) is 17.0 Å². The van der Waals surface area contributed by atoms with E-state index >= 15 is 0 Å². The number of carbonyl (C=O) groups is 1. The van der Waals surface area contributed by atoms with Crippen LogP contribution in [-0.2, 0) is 16.4 Å². The summed E-state index contributed by atoms with van der Waals surface area (Å²) in [4.78, 5) is 10.6. The lowest BCUT2D eigenvalue weighted by atomic mass is 10.1. The molecule has 1 heterocycles. The Morgan fingerprint density at radius 2 is 2.10 bits per heavy atom. The van der Waals surface area contributed by atoms with Crippen molar-refractivity contribution >= 4 is 21.7 Å². The fourth-order valence-electron chi connectivity index (χ4n) is 2.12. The summed E-state index contributed by atoms with van der Waals surface area (Å²) in [5.74, 6) is 0.353. The number of nitrogen functional groups attached to an aromatic ring is 1. The molecule has 0 fully saturated rings. The minimum Gasteiger partial charge on any atom is -0.492 e. The highest BCUT2D eigenvalue weighted by atomic mass is 32.2. The zero-order chi connectivity index (χ0) is 15.5. The highest BCUT2D eigenvalue weighted by molar-refractivity contribution is 7.89. The van der Waals surface area contributed by atoms with Crippen molar-refractivity contribution in [3.05, 3.63) is 17.7 Å². The quantitative estimate of drug-likeness (QED) is 0.430. The van der Waals surface area contributed by atoms with Crippen LogP contribution in [0.5, 0.6) is 5.75 Å². The number of benzene rings is 1. The van der Waals surface area contributed by atoms with E-state index in [-0.39, 0.29) is 18.0 Å². The molecule has 2 amide bonds. The van der Waals surface area contributed by atoms with Gasteiger partial charge in [-0.15, -0.1) is 0 Å². The minimum atomic E-state index is -3.77. The second kappa shape index (κ2) is 6.19. The summed E-state index contributed by atoms with van der Waals surface area (Å²) < 4.78 is 32.5. The molecule has 1 aromatic rings. The molecule has 0 atom stereocenters. The topological polar surface area (TPSA) is 137 Å². The molecule has 0 aromatic heterocycles. The molecule has 6 N–H and O–H groups in total. The van der Waals surface area contributed by atoms with Gasteiger partial charge in [0.1, 0.15) is 10.6 Å². The van der Waals surface area contributed by atoms with Gasteiger partial charge in [-0.2, -0.15) is 0 Å². The first-order chi connectivity index (χ1) is 9.90. The molecular weight excluding hydrogens is 296 g/mol. The van der Waals surface area contributed by atoms with Crippen LogP contribution in [0, 0.1) is 0 Å². The molecule has 0 bridgehead atoms. The number of fused-ring (bicyclic) bond motifs is 1. The lowest BCUT2D eigenvalue weighted by molar-refractivity contribution is 0.249. The van der Waals surface area contributed by atoms with Crippen LogP contribution in [0.1, 0.15) is 12.0 Å². The molecule has 21 heavy (non-hydrogen) atoms. The maximum atomic E-state index is 12.3. The second-order valence-electron chi connectivity index (χ2n) is 4.65. The molecular formula is C12H18N4O4S. The van der Waals surface area contributed by atoms with Crippen LogP contribution >= 0.6 is 0 Å². The molecule has 0 spiro atoms. The van der Waals surface area contributed by atoms with Crippen molar-refractivity contribution in [1.29, 1.82) is 0 Å². The maximum Gasteiger partial charge on any atom is 0.312 e. The van der Waals surface area contributed by atoms with Gasteiger partial charge in [-0.1, -0.05) is 0 Å². The summed E-state index contributed by atoms with van der Waals surface area (Å²) >= 11 is 0. The van der Waals surface area contributed by atoms with E-state index in [1.807, 2.05) is 0 Å². The van der Waals surface area contributed by atoms with Gasteiger partial charge in [0.15, 0.2) is 0 Å². The zero-order valence-corrected chi connectivity index (χ0v) is 12.2. The smallest absolute Gasteiger partial charge is 0.312 e. The van der Waals surface area contributed by atoms with Crippen molar-refractivity contribution in [2.24, 2.45) is 5.73 Å². The minimum absolute atomic E-state index is 0.0227. The van der Waals surface area contributed by atoms with Crippen LogP contribution in [0.2, 0.25) is 0 Å². The summed E-state index contributed by atoms with van der Waals surface area (Å²) in [6.07, 6.45) is 1.55. The summed E-state index contributed by atoms with van der Waals surface area (Å²) in [5, 5.41) is 2.30. The van der Waals surface area contributed by atoms with Crippen LogP contribution in [0.4, 0.5) is 10.5 Å². The number of amides is 2. The van der Waals surface area contributed by atoms with E-state index < -0.39 is 16.1 Å². The molecule has 1 aliphatic rings. The first kappa shape index (κ1) is 15.4. The van der Waals surface area contributed by atoms with Crippen molar-refractivity contribution in [1.82, 2.24) is 10.0 Å². The number of nitrogens with one attached hydrogen (secondary N) is 2. The number of carbonyl (C=O) groups excluding carboxylic acids is 1. The number of sulfonamides is 1. The predicted octanol–water partition coefficient (Wildman–Crippen LogP) is -0.460. The highest BCUT2D eigenvalue weighted by Crippen LogP contribution is 2.34. The Morgan fingerprint density at radius 1 is 1.33 bits per heavy atom. The fourth-order valence-corrected chi connectivity index (χ4v) is 3.37. The Bertz CT molecular complexity index is 645. The fraction of sp³-hybridized carbons (Fsp3) is 0.417. The van der Waals surface area contributed by atoms with E-state index in [1.54, 1.807) is 6.07 Å². The average Bonchev–Trinajstić information content (AvgIpc) is 2.42. The van der Waals surface area contributed by atoms with Gasteiger partial charge in [-0.05, 0) is 30.5 Å². The first-order valence-electron chi connectivity index (χ1n) is 6.48. The van der Waals surface area contributed by atoms with E-state index in [0.717, 1.165) is 18.4 Å². The van der Waals surface area contributed by atoms with E-state index in [9.17, 15) is 13.2 Å². The Morgan fingerprint density at radius 3 is 2.81 bits per heavy atom. The van der Waals surface area contributed by atoms with Crippen molar-refractivity contribution in [2.45, 2.75) is 17.7 Å². The van der Waals surface area contributed by atoms with Gasteiger partial charge in [0, 0.05) is 18.8 Å². The van der Waals surface area contributed by atoms with Gasteiger partial charge < -0.3 is 21.5 Å². The molecule has 0 aliphatic carbocycles. The molecule has 0 radical (unpaired) electrons. The van der Waals surface area contributed by atoms with Gasteiger partial charge in [-0.3, -0.25) is 0 Å². The summed E-state index contributed by atoms with van der Waals surface area (Å²) in [5.41, 5.74) is 11.8. The maximum absolute atomic E-state index is 12.3. The summed E-state index contributed by atoms with van der Waals surface area (Å²) in [6.45, 7) is 0.595. The number of anilines is 1. The van der Waals surface area contributed by atoms with Gasteiger partial charge >= 0.3 is 6.03 Å². The first-order valence-corrected chi connectivity index (χ1v) is 7.96. The molecule has 9 heteroatoms. The van der Waals surface area contributed by atoms with Gasteiger partial charge in [0.2, 0.25) is 10.0 Å². The van der Waals surface area contributed by atoms with Gasteiger partial charge in [0.25, 0.3) is 0 Å². The van der Waals surface area contributed by atoms with E-state index in [1.165, 1.54) is 6.07 Å². The lowest BCUT2D eigenvalue weighted by Gasteiger charge is -2.21. The second-order valence-corrected chi connectivity index (χ2v) is 6.38. The number of urea groups is 1. The number of nitrogens with two attached hydrogens (primary N) is 2. The number of primary amides is 1. The lowest BCUT2D eigenvalue weighted by Crippen LogP contribution is -2.37. The van der Waals surface area contributed by atoms with Crippen molar-refractivity contribution in [2.75, 3.05) is 25.4 Å². The van der Waals surface area contributed by atoms with E-state index in [2.05, 4.69) is 10.0 Å². The number of hydrogen-bond acceptors (Lipinski definition) is 5. The molecule has 1 aromatic carbocycles. The summed E-state index contributed by atoms with van der Waals surface area (Å²) in [7, 11) is -3.77. The largest absolute Gasteiger partial charge is 0.492 e. The number of hydrogen-bond donors (Lipinski definition) is 4. The molecule has 116 valence electrons. The Hall–Kier alpha value is -2.00. The summed E-state index contributed by atoms with van der Waals surface area (Å²) in [6, 6.07) is 2.38. The Labute approximate surface area is 122 Å². The van der Waals surface area contributed by atoms with Crippen LogP contribution < -0.4 is 26.2 Å². The number of rotatable bonds is 5. The molecule has 8 nitrogen and oxygen atoms in total. The third-order valence-electron chi connectivity index (χ3n) is 3.00. The monoisotopic (exact) mass is 314 g/mol. The average molecular weight is 314 g/mol. The Balaban J connectivity index is 2.19. The number of ether oxygens (including phenoxy) is 1. The molecule has 2 rings (SSSR count). The van der Waals surface area contributed by atoms with E-state index in [4.69, 9.17) is 16.2 Å². The standard InChI is InChI=1S/C12H18N4O4S/c13-9-6-8-2-1-5-20-11(8)10(7-9)21(18,19)16-4-3-15-12(14)17/h6-7,16H,1-5,13H2,(H3,14,15,17). The SMILES string of the molecule is NC(=O)NCCNS(=O)(=O)c1cc(N)cc2c1OCCC2. The molecule has 1 aliphatic heterocycles. The van der Waals surface area contributed by atoms with E-state index in [0.29, 0.717) is 18.0 Å². The van der Waals surface area contributed by atoms with Crippen LogP contribution in [0.25, 0.3) is 0 Å². The third-order valence-corrected chi connectivity index (χ3v) is 4.46. The van der Waals surface area contributed by atoms with Gasteiger partial charge in [0.05, 0.1) is 6.61 Å². The normalized spacial score (nSPS) is 14.1. The van der Waals surface area contributed by atoms with Gasteiger partial charge in [-0.25, -0.2) is 17.9 Å². The van der Waals surface area contributed by atoms with Crippen molar-refractivity contribution < 1.29 is 17.9 Å². The molecule has 0 saturated heterocycles. The van der Waals surface area contributed by atoms with Crippen molar-refractivity contribution in [3.8, 4) is 5.75 Å². The molecule has 0 saturated carbocycles. The highest BCUT2D eigenvalue weighted by Gasteiger charge is 2.24. The number of aryl methyl sites for hydroxylation is 1. The third kappa shape index (κ3) is 3.76. The van der Waals surface area contributed by atoms with Crippen molar-refractivity contribution in [3.63, 3.8) is 0 Å². The molecule has 0 unspecified atom stereocenters. The van der Waals surface area contributed by atoms with Crippen LogP contribution in [-0.4, -0.2) is 34.1 Å². The zero-order valence-electron chi connectivity index (χ0n) is 11.4. The Kier molecular flexibility index (Phi) is 4.53. The van der Waals surface area contributed by atoms with Crippen LogP contribution in [0.3, 0.4) is 0 Å². The predicted molar refractivity (Wildman–Crippen MR) is 77.4 cm³/mol.